The minimum atomic E-state index is -0.124. The van der Waals surface area contributed by atoms with Crippen LogP contribution >= 0.6 is 34.7 Å². The Hall–Kier alpha value is -1.31. The van der Waals surface area contributed by atoms with E-state index < -0.39 is 0 Å². The molecule has 0 spiro atoms. The number of methoxy groups -OCH3 is 1. The smallest absolute Gasteiger partial charge is 0.234 e. The van der Waals surface area contributed by atoms with E-state index in [0.717, 1.165) is 4.34 Å². The molecule has 1 heterocycles. The molecule has 1 aromatic carbocycles. The molecule has 0 atom stereocenters. The molecule has 19 heavy (non-hydrogen) atoms. The lowest BCUT2D eigenvalue weighted by atomic mass is 10.3. The van der Waals surface area contributed by atoms with Gasteiger partial charge in [0.1, 0.15) is 11.3 Å². The molecule has 0 fully saturated rings. The standard InChI is InChI=1S/C11H10ClN3O2S2/c1-17-9-3-2-7(4-8(9)12)14-10(16)5-18-11-15-13-6-19-11/h2-4,6H,5H2,1H3,(H,14,16). The molecule has 1 aromatic heterocycles. The average Bonchev–Trinajstić information content (AvgIpc) is 2.90. The number of ether oxygens (including phenoxy) is 1. The molecule has 0 unspecified atom stereocenters. The molecular formula is C11H10ClN3O2S2. The molecule has 1 amide bonds. The van der Waals surface area contributed by atoms with Crippen molar-refractivity contribution in [3.8, 4) is 5.75 Å². The summed E-state index contributed by atoms with van der Waals surface area (Å²) in [5, 5.41) is 10.8. The van der Waals surface area contributed by atoms with Crippen LogP contribution in [0, 0.1) is 0 Å². The van der Waals surface area contributed by atoms with Crippen molar-refractivity contribution < 1.29 is 9.53 Å². The lowest BCUT2D eigenvalue weighted by Crippen LogP contribution is -2.13. The van der Waals surface area contributed by atoms with Crippen molar-refractivity contribution in [2.45, 2.75) is 4.34 Å². The zero-order valence-electron chi connectivity index (χ0n) is 9.92. The number of carbonyl (C=O) groups is 1. The number of anilines is 1. The zero-order chi connectivity index (χ0) is 13.7. The number of thioether (sulfide) groups is 1. The summed E-state index contributed by atoms with van der Waals surface area (Å²) in [5.74, 6) is 0.725. The largest absolute Gasteiger partial charge is 0.495 e. The van der Waals surface area contributed by atoms with E-state index in [9.17, 15) is 4.79 Å². The molecule has 0 aliphatic heterocycles. The van der Waals surface area contributed by atoms with Gasteiger partial charge in [0.25, 0.3) is 0 Å². The van der Waals surface area contributed by atoms with Crippen molar-refractivity contribution in [3.63, 3.8) is 0 Å². The minimum Gasteiger partial charge on any atom is -0.495 e. The third-order valence-corrected chi connectivity index (χ3v) is 4.26. The second kappa shape index (κ2) is 6.74. The summed E-state index contributed by atoms with van der Waals surface area (Å²) < 4.78 is 5.81. The van der Waals surface area contributed by atoms with E-state index in [1.165, 1.54) is 30.2 Å². The highest BCUT2D eigenvalue weighted by Crippen LogP contribution is 2.27. The number of carbonyl (C=O) groups excluding carboxylic acids is 1. The van der Waals surface area contributed by atoms with Crippen LogP contribution in [0.3, 0.4) is 0 Å². The number of hydrogen-bond donors (Lipinski definition) is 1. The van der Waals surface area contributed by atoms with Gasteiger partial charge in [-0.1, -0.05) is 34.7 Å². The highest BCUT2D eigenvalue weighted by Gasteiger charge is 2.07. The fourth-order valence-electron chi connectivity index (χ4n) is 1.29. The van der Waals surface area contributed by atoms with Gasteiger partial charge in [-0.3, -0.25) is 4.79 Å². The quantitative estimate of drug-likeness (QED) is 0.859. The molecular weight excluding hydrogens is 306 g/mol. The Morgan fingerprint density at radius 3 is 3.05 bits per heavy atom. The zero-order valence-corrected chi connectivity index (χ0v) is 12.3. The molecule has 0 radical (unpaired) electrons. The second-order valence-electron chi connectivity index (χ2n) is 3.39. The van der Waals surface area contributed by atoms with E-state index in [-0.39, 0.29) is 11.7 Å². The van der Waals surface area contributed by atoms with Crippen LogP contribution in [0.1, 0.15) is 0 Å². The maximum Gasteiger partial charge on any atom is 0.234 e. The molecule has 8 heteroatoms. The van der Waals surface area contributed by atoms with Crippen LogP contribution < -0.4 is 10.1 Å². The number of rotatable bonds is 5. The molecule has 0 saturated heterocycles. The van der Waals surface area contributed by atoms with Crippen molar-refractivity contribution in [1.82, 2.24) is 10.2 Å². The predicted molar refractivity (Wildman–Crippen MR) is 77.3 cm³/mol. The maximum atomic E-state index is 11.7. The molecule has 5 nitrogen and oxygen atoms in total. The molecule has 0 aliphatic carbocycles. The number of halogens is 1. The fourth-order valence-corrected chi connectivity index (χ4v) is 2.84. The van der Waals surface area contributed by atoms with Crippen LogP contribution in [-0.2, 0) is 4.79 Å². The van der Waals surface area contributed by atoms with Gasteiger partial charge in [0.05, 0.1) is 17.9 Å². The topological polar surface area (TPSA) is 64.1 Å². The summed E-state index contributed by atoms with van der Waals surface area (Å²) in [6.07, 6.45) is 0. The summed E-state index contributed by atoms with van der Waals surface area (Å²) in [6, 6.07) is 5.09. The van der Waals surface area contributed by atoms with Gasteiger partial charge in [-0.2, -0.15) is 0 Å². The molecule has 0 aliphatic rings. The molecule has 0 bridgehead atoms. The van der Waals surface area contributed by atoms with E-state index in [1.54, 1.807) is 23.7 Å². The van der Waals surface area contributed by atoms with Crippen molar-refractivity contribution in [1.29, 1.82) is 0 Å². The van der Waals surface area contributed by atoms with Crippen LogP contribution in [-0.4, -0.2) is 29.0 Å². The number of benzene rings is 1. The second-order valence-corrected chi connectivity index (χ2v) is 5.85. The van der Waals surface area contributed by atoms with Gasteiger partial charge in [0, 0.05) is 5.69 Å². The lowest BCUT2D eigenvalue weighted by Gasteiger charge is -2.07. The Kier molecular flexibility index (Phi) is 5.00. The summed E-state index contributed by atoms with van der Waals surface area (Å²) in [4.78, 5) is 11.7. The highest BCUT2D eigenvalue weighted by molar-refractivity contribution is 8.01. The van der Waals surface area contributed by atoms with Crippen molar-refractivity contribution in [2.75, 3.05) is 18.2 Å². The fraction of sp³-hybridized carbons (Fsp3) is 0.182. The third-order valence-electron chi connectivity index (χ3n) is 2.10. The Balaban J connectivity index is 1.90. The summed E-state index contributed by atoms with van der Waals surface area (Å²) in [7, 11) is 1.54. The SMILES string of the molecule is COc1ccc(NC(=O)CSc2nncs2)cc1Cl. The Morgan fingerprint density at radius 1 is 1.58 bits per heavy atom. The molecule has 2 rings (SSSR count). The minimum absolute atomic E-state index is 0.124. The van der Waals surface area contributed by atoms with Gasteiger partial charge < -0.3 is 10.1 Å². The predicted octanol–water partition coefficient (Wildman–Crippen LogP) is 2.93. The molecule has 0 saturated carbocycles. The third kappa shape index (κ3) is 4.09. The first-order chi connectivity index (χ1) is 9.19. The highest BCUT2D eigenvalue weighted by atomic mass is 35.5. The maximum absolute atomic E-state index is 11.7. The van der Waals surface area contributed by atoms with Crippen LogP contribution in [0.4, 0.5) is 5.69 Å². The average molecular weight is 316 g/mol. The van der Waals surface area contributed by atoms with Gasteiger partial charge >= 0.3 is 0 Å². The Bertz CT molecular complexity index is 563. The van der Waals surface area contributed by atoms with Crippen molar-refractivity contribution >= 4 is 46.3 Å². The Morgan fingerprint density at radius 2 is 2.42 bits per heavy atom. The monoisotopic (exact) mass is 315 g/mol. The first kappa shape index (κ1) is 14.1. The number of aromatic nitrogens is 2. The van der Waals surface area contributed by atoms with E-state index in [1.807, 2.05) is 0 Å². The van der Waals surface area contributed by atoms with E-state index in [4.69, 9.17) is 16.3 Å². The van der Waals surface area contributed by atoms with Crippen LogP contribution in [0.5, 0.6) is 5.75 Å². The summed E-state index contributed by atoms with van der Waals surface area (Å²) in [5.41, 5.74) is 2.26. The first-order valence-electron chi connectivity index (χ1n) is 5.21. The van der Waals surface area contributed by atoms with Gasteiger partial charge in [-0.05, 0) is 18.2 Å². The Labute approximate surface area is 123 Å². The summed E-state index contributed by atoms with van der Waals surface area (Å²) in [6.45, 7) is 0. The van der Waals surface area contributed by atoms with E-state index >= 15 is 0 Å². The number of hydrogen-bond acceptors (Lipinski definition) is 6. The first-order valence-corrected chi connectivity index (χ1v) is 7.45. The van der Waals surface area contributed by atoms with Crippen LogP contribution in [0.2, 0.25) is 5.02 Å². The van der Waals surface area contributed by atoms with Gasteiger partial charge in [0.2, 0.25) is 5.91 Å². The van der Waals surface area contributed by atoms with Crippen LogP contribution in [0.15, 0.2) is 28.0 Å². The molecule has 100 valence electrons. The van der Waals surface area contributed by atoms with Crippen molar-refractivity contribution in [2.24, 2.45) is 0 Å². The van der Waals surface area contributed by atoms with Crippen molar-refractivity contribution in [3.05, 3.63) is 28.7 Å². The van der Waals surface area contributed by atoms with Gasteiger partial charge in [-0.15, -0.1) is 10.2 Å². The number of nitrogens with zero attached hydrogens (tertiary/aromatic N) is 2. The van der Waals surface area contributed by atoms with Gasteiger partial charge in [0.15, 0.2) is 4.34 Å². The van der Waals surface area contributed by atoms with E-state index in [0.29, 0.717) is 16.5 Å². The number of nitrogens with one attached hydrogen (secondary N) is 1. The lowest BCUT2D eigenvalue weighted by molar-refractivity contribution is -0.113. The number of amides is 1. The van der Waals surface area contributed by atoms with E-state index in [2.05, 4.69) is 15.5 Å². The summed E-state index contributed by atoms with van der Waals surface area (Å²) >= 11 is 8.72. The normalized spacial score (nSPS) is 10.2. The molecule has 2 aromatic rings. The van der Waals surface area contributed by atoms with Crippen LogP contribution in [0.25, 0.3) is 0 Å². The van der Waals surface area contributed by atoms with Gasteiger partial charge in [-0.25, -0.2) is 0 Å². The molecule has 1 N–H and O–H groups in total.